The highest BCUT2D eigenvalue weighted by molar-refractivity contribution is 6.42. The van der Waals surface area contributed by atoms with Crippen LogP contribution in [0.25, 0.3) is 0 Å². The van der Waals surface area contributed by atoms with E-state index in [2.05, 4.69) is 24.1 Å². The summed E-state index contributed by atoms with van der Waals surface area (Å²) in [5, 5.41) is 4.73. The standard InChI is InChI=1S/C17H28Cl2N2/c1-3-5-10-21(11-6-4-2)12-9-20-14-15-7-8-16(18)17(19)13-15/h7-8,13,20H,3-6,9-12,14H2,1-2H3. The summed E-state index contributed by atoms with van der Waals surface area (Å²) in [7, 11) is 0. The summed E-state index contributed by atoms with van der Waals surface area (Å²) in [6.07, 6.45) is 5.10. The third kappa shape index (κ3) is 8.06. The van der Waals surface area contributed by atoms with Crippen LogP contribution in [0.4, 0.5) is 0 Å². The van der Waals surface area contributed by atoms with E-state index < -0.39 is 0 Å². The van der Waals surface area contributed by atoms with Crippen molar-refractivity contribution in [2.45, 2.75) is 46.1 Å². The summed E-state index contributed by atoms with van der Waals surface area (Å²) >= 11 is 11.9. The molecule has 0 atom stereocenters. The summed E-state index contributed by atoms with van der Waals surface area (Å²) in [5.41, 5.74) is 1.18. The van der Waals surface area contributed by atoms with Gasteiger partial charge in [-0.05, 0) is 43.6 Å². The SMILES string of the molecule is CCCCN(CCCC)CCNCc1ccc(Cl)c(Cl)c1. The van der Waals surface area contributed by atoms with Crippen molar-refractivity contribution >= 4 is 23.2 Å². The van der Waals surface area contributed by atoms with E-state index in [0.29, 0.717) is 10.0 Å². The average Bonchev–Trinajstić information content (AvgIpc) is 2.49. The van der Waals surface area contributed by atoms with Gasteiger partial charge in [-0.2, -0.15) is 0 Å². The van der Waals surface area contributed by atoms with Gasteiger partial charge in [0.05, 0.1) is 10.0 Å². The molecule has 0 radical (unpaired) electrons. The molecule has 0 unspecified atom stereocenters. The Morgan fingerprint density at radius 1 is 0.952 bits per heavy atom. The lowest BCUT2D eigenvalue weighted by Gasteiger charge is -2.22. The van der Waals surface area contributed by atoms with Crippen LogP contribution in [-0.4, -0.2) is 31.1 Å². The Balaban J connectivity index is 2.27. The molecule has 1 rings (SSSR count). The monoisotopic (exact) mass is 330 g/mol. The van der Waals surface area contributed by atoms with E-state index in [4.69, 9.17) is 23.2 Å². The first-order chi connectivity index (χ1) is 10.2. The molecule has 1 aromatic carbocycles. The van der Waals surface area contributed by atoms with E-state index in [9.17, 15) is 0 Å². The molecule has 0 aliphatic heterocycles. The van der Waals surface area contributed by atoms with Gasteiger partial charge in [0.15, 0.2) is 0 Å². The zero-order valence-corrected chi connectivity index (χ0v) is 14.8. The van der Waals surface area contributed by atoms with E-state index in [1.54, 1.807) is 0 Å². The van der Waals surface area contributed by atoms with Crippen LogP contribution in [0.15, 0.2) is 18.2 Å². The van der Waals surface area contributed by atoms with Crippen molar-refractivity contribution in [3.05, 3.63) is 33.8 Å². The van der Waals surface area contributed by atoms with Crippen LogP contribution in [0.3, 0.4) is 0 Å². The number of unbranched alkanes of at least 4 members (excludes halogenated alkanes) is 2. The zero-order chi connectivity index (χ0) is 15.5. The molecule has 0 aromatic heterocycles. The van der Waals surface area contributed by atoms with Crippen molar-refractivity contribution in [2.24, 2.45) is 0 Å². The molecule has 0 amide bonds. The Bertz CT molecular complexity index is 388. The molecule has 0 bridgehead atoms. The second kappa shape index (κ2) is 11.3. The van der Waals surface area contributed by atoms with Crippen molar-refractivity contribution in [1.82, 2.24) is 10.2 Å². The molecule has 0 aliphatic rings. The van der Waals surface area contributed by atoms with Gasteiger partial charge in [0.25, 0.3) is 0 Å². The smallest absolute Gasteiger partial charge is 0.0595 e. The molecule has 0 spiro atoms. The fourth-order valence-electron chi connectivity index (χ4n) is 2.22. The van der Waals surface area contributed by atoms with Crippen LogP contribution in [0.1, 0.15) is 45.1 Å². The van der Waals surface area contributed by atoms with Gasteiger partial charge in [0.2, 0.25) is 0 Å². The predicted molar refractivity (Wildman–Crippen MR) is 94.4 cm³/mol. The lowest BCUT2D eigenvalue weighted by Crippen LogP contribution is -2.33. The Hall–Kier alpha value is -0.280. The van der Waals surface area contributed by atoms with Crippen molar-refractivity contribution in [2.75, 3.05) is 26.2 Å². The van der Waals surface area contributed by atoms with Gasteiger partial charge in [0.1, 0.15) is 0 Å². The molecular formula is C17H28Cl2N2. The summed E-state index contributed by atoms with van der Waals surface area (Å²) in [6, 6.07) is 5.81. The van der Waals surface area contributed by atoms with E-state index in [0.717, 1.165) is 19.6 Å². The normalized spacial score (nSPS) is 11.3. The van der Waals surface area contributed by atoms with Gasteiger partial charge in [-0.1, -0.05) is 56.0 Å². The minimum absolute atomic E-state index is 0.616. The van der Waals surface area contributed by atoms with Crippen molar-refractivity contribution in [1.29, 1.82) is 0 Å². The largest absolute Gasteiger partial charge is 0.311 e. The van der Waals surface area contributed by atoms with Crippen LogP contribution in [0.5, 0.6) is 0 Å². The maximum Gasteiger partial charge on any atom is 0.0595 e. The summed E-state index contributed by atoms with van der Waals surface area (Å²) in [5.74, 6) is 0. The maximum atomic E-state index is 6.02. The van der Waals surface area contributed by atoms with Gasteiger partial charge < -0.3 is 10.2 Å². The number of halogens is 2. The maximum absolute atomic E-state index is 6.02. The van der Waals surface area contributed by atoms with Crippen LogP contribution < -0.4 is 5.32 Å². The predicted octanol–water partition coefficient (Wildman–Crippen LogP) is 4.99. The third-order valence-corrected chi connectivity index (χ3v) is 4.31. The van der Waals surface area contributed by atoms with Crippen LogP contribution in [0, 0.1) is 0 Å². The Morgan fingerprint density at radius 3 is 2.19 bits per heavy atom. The molecule has 21 heavy (non-hydrogen) atoms. The van der Waals surface area contributed by atoms with Gasteiger partial charge in [0, 0.05) is 19.6 Å². The van der Waals surface area contributed by atoms with Crippen molar-refractivity contribution in [3.63, 3.8) is 0 Å². The second-order valence-corrected chi connectivity index (χ2v) is 6.29. The minimum Gasteiger partial charge on any atom is -0.311 e. The Morgan fingerprint density at radius 2 is 1.62 bits per heavy atom. The first kappa shape index (κ1) is 18.8. The van der Waals surface area contributed by atoms with E-state index in [1.807, 2.05) is 18.2 Å². The summed E-state index contributed by atoms with van der Waals surface area (Å²) in [4.78, 5) is 2.56. The molecule has 0 saturated carbocycles. The summed E-state index contributed by atoms with van der Waals surface area (Å²) in [6.45, 7) is 9.89. The molecule has 0 heterocycles. The lowest BCUT2D eigenvalue weighted by molar-refractivity contribution is 0.264. The van der Waals surface area contributed by atoms with E-state index in [-0.39, 0.29) is 0 Å². The molecule has 120 valence electrons. The van der Waals surface area contributed by atoms with Gasteiger partial charge in [-0.15, -0.1) is 0 Å². The number of hydrogen-bond donors (Lipinski definition) is 1. The number of hydrogen-bond acceptors (Lipinski definition) is 2. The highest BCUT2D eigenvalue weighted by Gasteiger charge is 2.04. The van der Waals surface area contributed by atoms with Crippen molar-refractivity contribution in [3.8, 4) is 0 Å². The zero-order valence-electron chi connectivity index (χ0n) is 13.3. The second-order valence-electron chi connectivity index (χ2n) is 5.47. The van der Waals surface area contributed by atoms with Crippen LogP contribution >= 0.6 is 23.2 Å². The highest BCUT2D eigenvalue weighted by Crippen LogP contribution is 2.22. The number of nitrogens with one attached hydrogen (secondary N) is 1. The molecule has 4 heteroatoms. The van der Waals surface area contributed by atoms with E-state index >= 15 is 0 Å². The van der Waals surface area contributed by atoms with E-state index in [1.165, 1.54) is 44.3 Å². The molecule has 0 saturated heterocycles. The van der Waals surface area contributed by atoms with Crippen LogP contribution in [0.2, 0.25) is 10.0 Å². The van der Waals surface area contributed by atoms with Gasteiger partial charge in [-0.3, -0.25) is 0 Å². The molecule has 1 N–H and O–H groups in total. The Kier molecular flexibility index (Phi) is 10.1. The number of nitrogens with zero attached hydrogens (tertiary/aromatic N) is 1. The topological polar surface area (TPSA) is 15.3 Å². The van der Waals surface area contributed by atoms with Crippen molar-refractivity contribution < 1.29 is 0 Å². The number of benzene rings is 1. The molecule has 2 nitrogen and oxygen atoms in total. The molecule has 0 fully saturated rings. The molecular weight excluding hydrogens is 303 g/mol. The van der Waals surface area contributed by atoms with Crippen LogP contribution in [-0.2, 0) is 6.54 Å². The fourth-order valence-corrected chi connectivity index (χ4v) is 2.54. The highest BCUT2D eigenvalue weighted by atomic mass is 35.5. The Labute approximate surface area is 139 Å². The molecule has 0 aliphatic carbocycles. The first-order valence-electron chi connectivity index (χ1n) is 8.04. The quantitative estimate of drug-likeness (QED) is 0.575. The first-order valence-corrected chi connectivity index (χ1v) is 8.80. The lowest BCUT2D eigenvalue weighted by atomic mass is 10.2. The summed E-state index contributed by atoms with van der Waals surface area (Å²) < 4.78 is 0. The average molecular weight is 331 g/mol. The minimum atomic E-state index is 0.616. The van der Waals surface area contributed by atoms with Gasteiger partial charge >= 0.3 is 0 Å². The number of rotatable bonds is 11. The van der Waals surface area contributed by atoms with Gasteiger partial charge in [-0.25, -0.2) is 0 Å². The fraction of sp³-hybridized carbons (Fsp3) is 0.647. The third-order valence-electron chi connectivity index (χ3n) is 3.57. The molecule has 1 aromatic rings.